The van der Waals surface area contributed by atoms with Gasteiger partial charge in [0.15, 0.2) is 0 Å². The fourth-order valence-electron chi connectivity index (χ4n) is 6.62. The molecule has 0 saturated carbocycles. The minimum absolute atomic E-state index is 0.00152. The third-order valence-corrected chi connectivity index (χ3v) is 8.50. The van der Waals surface area contributed by atoms with E-state index in [9.17, 15) is 13.9 Å². The van der Waals surface area contributed by atoms with Crippen molar-refractivity contribution < 1.29 is 23.4 Å². The van der Waals surface area contributed by atoms with Gasteiger partial charge in [-0.05, 0) is 55.5 Å². The Morgan fingerprint density at radius 1 is 1.20 bits per heavy atom. The summed E-state index contributed by atoms with van der Waals surface area (Å²) in [5.41, 5.74) is 1.27. The number of aromatic hydroxyl groups is 1. The number of fused-ring (bicyclic) bond motifs is 3. The number of alkyl halides is 1. The van der Waals surface area contributed by atoms with Crippen molar-refractivity contribution in [2.45, 2.75) is 37.4 Å². The quantitative estimate of drug-likeness (QED) is 0.350. The smallest absolute Gasteiger partial charge is 0.316 e. The molecule has 3 aliphatic heterocycles. The van der Waals surface area contributed by atoms with Gasteiger partial charge in [-0.3, -0.25) is 4.90 Å². The number of rotatable bonds is 5. The molecular formula is C31H29F2N5O3. The number of anilines is 1. The van der Waals surface area contributed by atoms with Crippen LogP contribution < -0.4 is 9.64 Å². The molecule has 41 heavy (non-hydrogen) atoms. The molecule has 4 aromatic rings. The summed E-state index contributed by atoms with van der Waals surface area (Å²) in [6.07, 6.45) is 9.73. The molecule has 3 saturated heterocycles. The van der Waals surface area contributed by atoms with Gasteiger partial charge in [-0.15, -0.1) is 6.42 Å². The second-order valence-electron chi connectivity index (χ2n) is 11.1. The third kappa shape index (κ3) is 4.49. The first kappa shape index (κ1) is 25.9. The molecule has 0 radical (unpaired) electrons. The lowest BCUT2D eigenvalue weighted by Crippen LogP contribution is -2.43. The van der Waals surface area contributed by atoms with Gasteiger partial charge in [0.05, 0.1) is 34.3 Å². The van der Waals surface area contributed by atoms with Crippen LogP contribution in [0.2, 0.25) is 0 Å². The van der Waals surface area contributed by atoms with E-state index in [1.165, 1.54) is 12.1 Å². The van der Waals surface area contributed by atoms with Gasteiger partial charge in [0.25, 0.3) is 0 Å². The highest BCUT2D eigenvalue weighted by atomic mass is 19.1. The SMILES string of the molecule is C#Cc1c(F)ccc2cc(O)cc(-c3cc4nc(OC[C@@]56CCCN5C[C@H](F)C6)ncc4c(N4CCCOC4)n3)c12. The standard InChI is InChI=1S/C31H29F2N5O3/c1-2-22-25(33)6-5-19-11-21(39)12-23(28(19)22)26-13-27-24(29(35-26)37-8-4-10-40-18-37)15-34-30(36-27)41-17-31-7-3-9-38(31)16-20(32)14-31/h1,5-6,11-13,15,20,39H,3-4,7-10,14,16-18H2/t20-,31+/m1/s1. The van der Waals surface area contributed by atoms with E-state index in [0.29, 0.717) is 71.7 Å². The first-order chi connectivity index (χ1) is 19.9. The molecule has 210 valence electrons. The van der Waals surface area contributed by atoms with E-state index in [0.717, 1.165) is 32.4 Å². The van der Waals surface area contributed by atoms with Crippen LogP contribution in [0.5, 0.6) is 11.8 Å². The Kier molecular flexibility index (Phi) is 6.36. The van der Waals surface area contributed by atoms with Crippen molar-refractivity contribution >= 4 is 27.5 Å². The van der Waals surface area contributed by atoms with Crippen LogP contribution in [0.3, 0.4) is 0 Å². The zero-order valence-corrected chi connectivity index (χ0v) is 22.4. The van der Waals surface area contributed by atoms with E-state index in [4.69, 9.17) is 25.9 Å². The van der Waals surface area contributed by atoms with Crippen LogP contribution in [0.4, 0.5) is 14.6 Å². The van der Waals surface area contributed by atoms with Crippen molar-refractivity contribution in [1.82, 2.24) is 19.9 Å². The number of phenols is 1. The van der Waals surface area contributed by atoms with Crippen LogP contribution in [0.25, 0.3) is 32.9 Å². The lowest BCUT2D eigenvalue weighted by Gasteiger charge is -2.31. The summed E-state index contributed by atoms with van der Waals surface area (Å²) in [7, 11) is 0. The molecule has 3 aliphatic rings. The molecule has 0 unspecified atom stereocenters. The number of nitrogens with zero attached hydrogens (tertiary/aromatic N) is 5. The molecular weight excluding hydrogens is 528 g/mol. The summed E-state index contributed by atoms with van der Waals surface area (Å²) in [4.78, 5) is 18.4. The Balaban J connectivity index is 1.35. The van der Waals surface area contributed by atoms with Gasteiger partial charge in [-0.25, -0.2) is 18.7 Å². The van der Waals surface area contributed by atoms with E-state index in [1.807, 2.05) is 4.90 Å². The van der Waals surface area contributed by atoms with Crippen molar-refractivity contribution in [3.05, 3.63) is 47.9 Å². The van der Waals surface area contributed by atoms with Crippen molar-refractivity contribution in [1.29, 1.82) is 0 Å². The average molecular weight is 558 g/mol. The molecule has 0 bridgehead atoms. The van der Waals surface area contributed by atoms with Crippen LogP contribution in [0.1, 0.15) is 31.2 Å². The maximum absolute atomic E-state index is 14.8. The van der Waals surface area contributed by atoms with E-state index in [-0.39, 0.29) is 22.9 Å². The van der Waals surface area contributed by atoms with E-state index in [2.05, 4.69) is 15.8 Å². The van der Waals surface area contributed by atoms with Crippen molar-refractivity contribution in [3.8, 4) is 35.4 Å². The summed E-state index contributed by atoms with van der Waals surface area (Å²) < 4.78 is 40.9. The largest absolute Gasteiger partial charge is 0.508 e. The number of ether oxygens (including phenoxy) is 2. The predicted molar refractivity (Wildman–Crippen MR) is 151 cm³/mol. The van der Waals surface area contributed by atoms with Crippen LogP contribution >= 0.6 is 0 Å². The van der Waals surface area contributed by atoms with Gasteiger partial charge in [0.1, 0.15) is 36.9 Å². The van der Waals surface area contributed by atoms with Crippen LogP contribution in [-0.2, 0) is 4.74 Å². The van der Waals surface area contributed by atoms with Crippen molar-refractivity contribution in [2.24, 2.45) is 0 Å². The average Bonchev–Trinajstić information content (AvgIpc) is 3.51. The Morgan fingerprint density at radius 3 is 2.93 bits per heavy atom. The van der Waals surface area contributed by atoms with Gasteiger partial charge in [-0.2, -0.15) is 4.98 Å². The molecule has 3 fully saturated rings. The van der Waals surface area contributed by atoms with Crippen LogP contribution in [0, 0.1) is 18.2 Å². The Labute approximate surface area is 235 Å². The Morgan fingerprint density at radius 2 is 2.10 bits per heavy atom. The lowest BCUT2D eigenvalue weighted by atomic mass is 9.95. The van der Waals surface area contributed by atoms with Crippen LogP contribution in [0.15, 0.2) is 36.5 Å². The highest BCUT2D eigenvalue weighted by Gasteiger charge is 2.49. The van der Waals surface area contributed by atoms with E-state index >= 15 is 0 Å². The van der Waals surface area contributed by atoms with Gasteiger partial charge in [-0.1, -0.05) is 12.0 Å². The van der Waals surface area contributed by atoms with Gasteiger partial charge < -0.3 is 19.5 Å². The molecule has 2 aromatic heterocycles. The summed E-state index contributed by atoms with van der Waals surface area (Å²) >= 11 is 0. The Bertz CT molecular complexity index is 1700. The molecule has 0 amide bonds. The first-order valence-corrected chi connectivity index (χ1v) is 13.9. The monoisotopic (exact) mass is 557 g/mol. The van der Waals surface area contributed by atoms with Gasteiger partial charge >= 0.3 is 6.01 Å². The fraction of sp³-hybridized carbons (Fsp3) is 0.387. The number of phenolic OH excluding ortho intramolecular Hbond substituents is 1. The second-order valence-corrected chi connectivity index (χ2v) is 11.1. The summed E-state index contributed by atoms with van der Waals surface area (Å²) in [5.74, 6) is 2.54. The molecule has 5 heterocycles. The summed E-state index contributed by atoms with van der Waals surface area (Å²) in [6, 6.07) is 7.92. The number of aromatic nitrogens is 3. The van der Waals surface area contributed by atoms with E-state index < -0.39 is 12.0 Å². The summed E-state index contributed by atoms with van der Waals surface area (Å²) in [6.45, 7) is 3.34. The number of benzene rings is 2. The first-order valence-electron chi connectivity index (χ1n) is 13.9. The second kappa shape index (κ2) is 10.1. The normalized spacial score (nSPS) is 22.8. The highest BCUT2D eigenvalue weighted by Crippen LogP contribution is 2.41. The number of pyridine rings is 1. The summed E-state index contributed by atoms with van der Waals surface area (Å²) in [5, 5.41) is 12.3. The molecule has 1 N–H and O–H groups in total. The number of halogens is 2. The maximum atomic E-state index is 14.8. The number of hydrogen-bond donors (Lipinski definition) is 1. The number of hydrogen-bond acceptors (Lipinski definition) is 8. The fourth-order valence-corrected chi connectivity index (χ4v) is 6.62. The van der Waals surface area contributed by atoms with E-state index in [1.54, 1.807) is 24.4 Å². The Hall–Kier alpha value is -4.07. The maximum Gasteiger partial charge on any atom is 0.316 e. The topological polar surface area (TPSA) is 83.8 Å². The molecule has 0 spiro atoms. The highest BCUT2D eigenvalue weighted by molar-refractivity contribution is 6.03. The molecule has 2 atom stereocenters. The zero-order valence-electron chi connectivity index (χ0n) is 22.4. The molecule has 2 aromatic carbocycles. The predicted octanol–water partition coefficient (Wildman–Crippen LogP) is 4.81. The lowest BCUT2D eigenvalue weighted by molar-refractivity contribution is 0.106. The third-order valence-electron chi connectivity index (χ3n) is 8.50. The van der Waals surface area contributed by atoms with Crippen LogP contribution in [-0.4, -0.2) is 76.2 Å². The minimum Gasteiger partial charge on any atom is -0.508 e. The molecule has 0 aliphatic carbocycles. The number of terminal acetylenes is 1. The minimum atomic E-state index is -0.853. The van der Waals surface area contributed by atoms with Gasteiger partial charge in [0, 0.05) is 36.7 Å². The van der Waals surface area contributed by atoms with Gasteiger partial charge in [0.2, 0.25) is 0 Å². The molecule has 8 nitrogen and oxygen atoms in total. The zero-order chi connectivity index (χ0) is 28.1. The van der Waals surface area contributed by atoms with Crippen molar-refractivity contribution in [2.75, 3.05) is 44.5 Å². The van der Waals surface area contributed by atoms with Crippen molar-refractivity contribution in [3.63, 3.8) is 0 Å². The molecule has 10 heteroatoms. The molecule has 7 rings (SSSR count).